The zero-order valence-electron chi connectivity index (χ0n) is 15.6. The molecular weight excluding hydrogens is 316 g/mol. The van der Waals surface area contributed by atoms with Crippen LogP contribution in [0.1, 0.15) is 51.5 Å². The molecule has 1 aromatic rings. The van der Waals surface area contributed by atoms with Crippen molar-refractivity contribution in [1.29, 1.82) is 0 Å². The van der Waals surface area contributed by atoms with Crippen LogP contribution in [0, 0.1) is 5.92 Å². The lowest BCUT2D eigenvalue weighted by atomic mass is 9.98. The zero-order chi connectivity index (χ0) is 18.2. The molecule has 1 aliphatic heterocycles. The number of amides is 1. The van der Waals surface area contributed by atoms with Gasteiger partial charge in [-0.05, 0) is 49.8 Å². The van der Waals surface area contributed by atoms with E-state index in [4.69, 9.17) is 4.74 Å². The Morgan fingerprint density at radius 2 is 2.00 bits per heavy atom. The third-order valence-corrected chi connectivity index (χ3v) is 5.02. The minimum atomic E-state index is -0.124. The molecule has 1 aromatic carbocycles. The van der Waals surface area contributed by atoms with Crippen LogP contribution in [0.3, 0.4) is 0 Å². The van der Waals surface area contributed by atoms with E-state index in [9.17, 15) is 9.59 Å². The standard InChI is InChI=1S/C20H30N2O3/c1-4-15(3)16-8-10-18(11-9-16)21-19(23)14-22-12-6-7-17(13-22)20(24)25-5-2/h8-11,15,17H,4-7,12-14H2,1-3H3,(H,21,23)/p+1/t15-,17-/m0/s1. The molecule has 1 heterocycles. The Kier molecular flexibility index (Phi) is 7.44. The first-order valence-electron chi connectivity index (χ1n) is 9.43. The van der Waals surface area contributed by atoms with Gasteiger partial charge in [-0.3, -0.25) is 9.59 Å². The minimum Gasteiger partial charge on any atom is -0.466 e. The smallest absolute Gasteiger partial charge is 0.314 e. The summed E-state index contributed by atoms with van der Waals surface area (Å²) >= 11 is 0. The van der Waals surface area contributed by atoms with E-state index in [1.54, 1.807) is 0 Å². The number of carbonyl (C=O) groups excluding carboxylic acids is 2. The van der Waals surface area contributed by atoms with E-state index in [0.717, 1.165) is 36.4 Å². The van der Waals surface area contributed by atoms with Crippen molar-refractivity contribution in [3.63, 3.8) is 0 Å². The molecule has 5 heteroatoms. The summed E-state index contributed by atoms with van der Waals surface area (Å²) in [5, 5.41) is 2.97. The van der Waals surface area contributed by atoms with E-state index >= 15 is 0 Å². The largest absolute Gasteiger partial charge is 0.466 e. The highest BCUT2D eigenvalue weighted by Gasteiger charge is 2.30. The maximum Gasteiger partial charge on any atom is 0.314 e. The number of rotatable bonds is 7. The van der Waals surface area contributed by atoms with Gasteiger partial charge in [-0.15, -0.1) is 0 Å². The van der Waals surface area contributed by atoms with Crippen LogP contribution in [0.5, 0.6) is 0 Å². The fourth-order valence-electron chi connectivity index (χ4n) is 3.34. The van der Waals surface area contributed by atoms with E-state index in [1.165, 1.54) is 5.56 Å². The SMILES string of the molecule is CCOC(=O)[C@H]1CCC[NH+](CC(=O)Nc2ccc([C@@H](C)CC)cc2)C1. The van der Waals surface area contributed by atoms with Crippen LogP contribution in [-0.4, -0.2) is 38.1 Å². The lowest BCUT2D eigenvalue weighted by Crippen LogP contribution is -3.14. The van der Waals surface area contributed by atoms with E-state index in [0.29, 0.717) is 25.6 Å². The van der Waals surface area contributed by atoms with Crippen molar-refractivity contribution in [2.45, 2.75) is 46.0 Å². The highest BCUT2D eigenvalue weighted by Crippen LogP contribution is 2.20. The van der Waals surface area contributed by atoms with Crippen LogP contribution in [0.25, 0.3) is 0 Å². The second kappa shape index (κ2) is 9.56. The molecule has 0 bridgehead atoms. The average Bonchev–Trinajstić information content (AvgIpc) is 2.62. The van der Waals surface area contributed by atoms with Crippen LogP contribution in [0.4, 0.5) is 5.69 Å². The molecule has 25 heavy (non-hydrogen) atoms. The van der Waals surface area contributed by atoms with Crippen LogP contribution in [-0.2, 0) is 14.3 Å². The van der Waals surface area contributed by atoms with Gasteiger partial charge < -0.3 is 15.0 Å². The van der Waals surface area contributed by atoms with Crippen molar-refractivity contribution >= 4 is 17.6 Å². The number of carbonyl (C=O) groups is 2. The number of benzene rings is 1. The topological polar surface area (TPSA) is 59.8 Å². The number of quaternary nitrogens is 1. The van der Waals surface area contributed by atoms with E-state index in [1.807, 2.05) is 19.1 Å². The van der Waals surface area contributed by atoms with Gasteiger partial charge in [-0.25, -0.2) is 0 Å². The first-order valence-corrected chi connectivity index (χ1v) is 9.43. The fraction of sp³-hybridized carbons (Fsp3) is 0.600. The minimum absolute atomic E-state index is 0.00389. The molecule has 3 atom stereocenters. The number of ether oxygens (including phenoxy) is 1. The summed E-state index contributed by atoms with van der Waals surface area (Å²) in [4.78, 5) is 25.4. The molecule has 0 aliphatic carbocycles. The summed E-state index contributed by atoms with van der Waals surface area (Å²) in [5.41, 5.74) is 2.12. The predicted molar refractivity (Wildman–Crippen MR) is 98.7 cm³/mol. The van der Waals surface area contributed by atoms with Gasteiger partial charge in [0.15, 0.2) is 6.54 Å². The van der Waals surface area contributed by atoms with Gasteiger partial charge in [0.05, 0.1) is 19.7 Å². The third-order valence-electron chi connectivity index (χ3n) is 5.02. The molecule has 1 unspecified atom stereocenters. The summed E-state index contributed by atoms with van der Waals surface area (Å²) in [6.07, 6.45) is 2.92. The molecule has 0 spiro atoms. The molecule has 2 N–H and O–H groups in total. The molecule has 0 radical (unpaired) electrons. The lowest BCUT2D eigenvalue weighted by molar-refractivity contribution is -0.899. The number of hydrogen-bond donors (Lipinski definition) is 2. The number of piperidine rings is 1. The number of likely N-dealkylation sites (tertiary alicyclic amines) is 1. The summed E-state index contributed by atoms with van der Waals surface area (Å²) in [6, 6.07) is 8.08. The number of anilines is 1. The van der Waals surface area contributed by atoms with Crippen molar-refractivity contribution in [3.8, 4) is 0 Å². The van der Waals surface area contributed by atoms with Crippen LogP contribution in [0.15, 0.2) is 24.3 Å². The molecule has 138 valence electrons. The van der Waals surface area contributed by atoms with E-state index in [-0.39, 0.29) is 17.8 Å². The van der Waals surface area contributed by atoms with Gasteiger partial charge in [-0.1, -0.05) is 26.0 Å². The van der Waals surface area contributed by atoms with Gasteiger partial charge >= 0.3 is 5.97 Å². The Morgan fingerprint density at radius 3 is 2.64 bits per heavy atom. The monoisotopic (exact) mass is 347 g/mol. The summed E-state index contributed by atoms with van der Waals surface area (Å²) in [7, 11) is 0. The lowest BCUT2D eigenvalue weighted by Gasteiger charge is -2.28. The van der Waals surface area contributed by atoms with Crippen molar-refractivity contribution in [1.82, 2.24) is 0 Å². The van der Waals surface area contributed by atoms with Crippen LogP contribution >= 0.6 is 0 Å². The molecule has 1 aliphatic rings. The van der Waals surface area contributed by atoms with Crippen molar-refractivity contribution in [2.24, 2.45) is 5.92 Å². The average molecular weight is 347 g/mol. The second-order valence-electron chi connectivity index (χ2n) is 6.95. The summed E-state index contributed by atoms with van der Waals surface area (Å²) in [6.45, 7) is 8.61. The Balaban J connectivity index is 1.84. The van der Waals surface area contributed by atoms with E-state index < -0.39 is 0 Å². The Hall–Kier alpha value is -1.88. The summed E-state index contributed by atoms with van der Waals surface area (Å²) < 4.78 is 5.12. The van der Waals surface area contributed by atoms with Gasteiger partial charge in [-0.2, -0.15) is 0 Å². The van der Waals surface area contributed by atoms with E-state index in [2.05, 4.69) is 31.3 Å². The Labute approximate surface area is 150 Å². The third kappa shape index (κ3) is 5.85. The molecular formula is C20H31N2O3+. The van der Waals surface area contributed by atoms with Crippen LogP contribution in [0.2, 0.25) is 0 Å². The highest BCUT2D eigenvalue weighted by atomic mass is 16.5. The Bertz CT molecular complexity index is 571. The van der Waals surface area contributed by atoms with Gasteiger partial charge in [0.25, 0.3) is 5.91 Å². The molecule has 5 nitrogen and oxygen atoms in total. The molecule has 2 rings (SSSR count). The summed E-state index contributed by atoms with van der Waals surface area (Å²) in [5.74, 6) is 0.324. The van der Waals surface area contributed by atoms with Gasteiger partial charge in [0, 0.05) is 5.69 Å². The maximum atomic E-state index is 12.3. The van der Waals surface area contributed by atoms with Crippen molar-refractivity contribution in [3.05, 3.63) is 29.8 Å². The number of esters is 1. The zero-order valence-corrected chi connectivity index (χ0v) is 15.6. The second-order valence-corrected chi connectivity index (χ2v) is 6.95. The number of nitrogens with one attached hydrogen (secondary N) is 2. The molecule has 0 aromatic heterocycles. The van der Waals surface area contributed by atoms with Crippen molar-refractivity contribution in [2.75, 3.05) is 31.6 Å². The molecule has 0 saturated carbocycles. The predicted octanol–water partition coefficient (Wildman–Crippen LogP) is 2.00. The highest BCUT2D eigenvalue weighted by molar-refractivity contribution is 5.91. The van der Waals surface area contributed by atoms with Crippen molar-refractivity contribution < 1.29 is 19.2 Å². The number of hydrogen-bond acceptors (Lipinski definition) is 3. The molecule has 1 saturated heterocycles. The van der Waals surface area contributed by atoms with Gasteiger partial charge in [0.1, 0.15) is 5.92 Å². The first-order chi connectivity index (χ1) is 12.0. The fourth-order valence-corrected chi connectivity index (χ4v) is 3.34. The quantitative estimate of drug-likeness (QED) is 0.742. The molecule has 1 fully saturated rings. The first kappa shape index (κ1) is 19.4. The van der Waals surface area contributed by atoms with Gasteiger partial charge in [0.2, 0.25) is 0 Å². The normalized spacial score (nSPS) is 21.4. The maximum absolute atomic E-state index is 12.3. The Morgan fingerprint density at radius 1 is 1.28 bits per heavy atom. The van der Waals surface area contributed by atoms with Crippen LogP contribution < -0.4 is 10.2 Å². The molecule has 1 amide bonds.